The number of hydrogen-bond donors (Lipinski definition) is 1. The van der Waals surface area contributed by atoms with Crippen LogP contribution in [0.1, 0.15) is 28.3 Å². The smallest absolute Gasteiger partial charge is 0.276 e. The van der Waals surface area contributed by atoms with Crippen molar-refractivity contribution in [3.8, 4) is 5.75 Å². The number of carbonyl (C=O) groups is 1. The number of anilines is 1. The van der Waals surface area contributed by atoms with E-state index in [9.17, 15) is 9.18 Å². The summed E-state index contributed by atoms with van der Waals surface area (Å²) in [5.41, 5.74) is 1.21. The van der Waals surface area contributed by atoms with Crippen LogP contribution in [0.3, 0.4) is 0 Å². The monoisotopic (exact) mass is 337 g/mol. The van der Waals surface area contributed by atoms with Gasteiger partial charge in [0, 0.05) is 29.6 Å². The van der Waals surface area contributed by atoms with Crippen molar-refractivity contribution < 1.29 is 18.7 Å². The fourth-order valence-corrected chi connectivity index (χ4v) is 2.89. The third kappa shape index (κ3) is 4.02. The maximum absolute atomic E-state index is 12.5. The van der Waals surface area contributed by atoms with E-state index in [-0.39, 0.29) is 11.8 Å². The van der Waals surface area contributed by atoms with Crippen molar-refractivity contribution in [1.82, 2.24) is 9.97 Å². The molecule has 0 saturated carbocycles. The number of pyridine rings is 1. The third-order valence-electron chi connectivity index (χ3n) is 3.26. The Morgan fingerprint density at radius 3 is 3.09 bits per heavy atom. The van der Waals surface area contributed by atoms with Crippen molar-refractivity contribution in [1.29, 1.82) is 0 Å². The molecule has 1 saturated heterocycles. The van der Waals surface area contributed by atoms with E-state index >= 15 is 0 Å². The van der Waals surface area contributed by atoms with Gasteiger partial charge in [0.15, 0.2) is 5.13 Å². The van der Waals surface area contributed by atoms with Gasteiger partial charge in [-0.3, -0.25) is 10.1 Å². The van der Waals surface area contributed by atoms with E-state index in [0.717, 1.165) is 6.42 Å². The fourth-order valence-electron chi connectivity index (χ4n) is 2.21. The Balaban J connectivity index is 1.72. The van der Waals surface area contributed by atoms with Crippen LogP contribution < -0.4 is 10.1 Å². The Bertz CT molecular complexity index is 701. The number of thiazole rings is 1. The molecule has 0 aliphatic carbocycles. The molecule has 8 heteroatoms. The lowest BCUT2D eigenvalue weighted by Gasteiger charge is -2.13. The first-order valence-electron chi connectivity index (χ1n) is 7.19. The minimum atomic E-state index is -0.656. The molecule has 1 N–H and O–H groups in total. The standard InChI is InChI=1S/C15H16FN3O3S/c1-9-4-12(22-11-2-3-21-7-11)5-13(17-9)14(20)19-15-18-10(6-16)8-23-15/h4-5,8,11H,2-3,6-7H2,1H3,(H,18,19,20)/t11-/m1/s1. The zero-order valence-corrected chi connectivity index (χ0v) is 13.4. The maximum atomic E-state index is 12.5. The molecule has 2 aromatic heterocycles. The van der Waals surface area contributed by atoms with E-state index in [2.05, 4.69) is 15.3 Å². The molecule has 3 rings (SSSR count). The van der Waals surface area contributed by atoms with E-state index in [1.54, 1.807) is 24.4 Å². The second-order valence-corrected chi connectivity index (χ2v) is 6.02. The largest absolute Gasteiger partial charge is 0.488 e. The highest BCUT2D eigenvalue weighted by Gasteiger charge is 2.19. The lowest BCUT2D eigenvalue weighted by molar-refractivity contribution is 0.102. The van der Waals surface area contributed by atoms with Gasteiger partial charge in [0.2, 0.25) is 0 Å². The van der Waals surface area contributed by atoms with Crippen molar-refractivity contribution in [3.05, 3.63) is 34.6 Å². The number of nitrogens with zero attached hydrogens (tertiary/aromatic N) is 2. The molecular weight excluding hydrogens is 321 g/mol. The number of hydrogen-bond acceptors (Lipinski definition) is 6. The summed E-state index contributed by atoms with van der Waals surface area (Å²) >= 11 is 1.17. The van der Waals surface area contributed by atoms with Crippen molar-refractivity contribution in [2.24, 2.45) is 0 Å². The molecule has 6 nitrogen and oxygen atoms in total. The number of aryl methyl sites for hydroxylation is 1. The van der Waals surface area contributed by atoms with E-state index in [0.29, 0.717) is 35.5 Å². The van der Waals surface area contributed by atoms with E-state index in [1.165, 1.54) is 11.3 Å². The molecule has 3 heterocycles. The predicted octanol–water partition coefficient (Wildman–Crippen LogP) is 2.74. The molecule has 2 aromatic rings. The van der Waals surface area contributed by atoms with Crippen molar-refractivity contribution in [3.63, 3.8) is 0 Å². The lowest BCUT2D eigenvalue weighted by atomic mass is 10.2. The van der Waals surface area contributed by atoms with Crippen LogP contribution in [-0.2, 0) is 11.4 Å². The van der Waals surface area contributed by atoms with Gasteiger partial charge in [-0.05, 0) is 6.92 Å². The molecule has 0 spiro atoms. The number of amides is 1. The third-order valence-corrected chi connectivity index (χ3v) is 4.07. The van der Waals surface area contributed by atoms with Gasteiger partial charge < -0.3 is 9.47 Å². The second-order valence-electron chi connectivity index (χ2n) is 5.16. The van der Waals surface area contributed by atoms with E-state index in [4.69, 9.17) is 9.47 Å². The average molecular weight is 337 g/mol. The first-order valence-corrected chi connectivity index (χ1v) is 8.07. The molecule has 1 amide bonds. The summed E-state index contributed by atoms with van der Waals surface area (Å²) in [6, 6.07) is 3.37. The van der Waals surface area contributed by atoms with Gasteiger partial charge in [-0.2, -0.15) is 0 Å². The highest BCUT2D eigenvalue weighted by molar-refractivity contribution is 7.13. The zero-order chi connectivity index (χ0) is 16.2. The Kier molecular flexibility index (Phi) is 4.82. The first kappa shape index (κ1) is 15.8. The normalized spacial score (nSPS) is 17.2. The Labute approximate surface area is 136 Å². The number of ether oxygens (including phenoxy) is 2. The molecule has 1 aliphatic heterocycles. The first-order chi connectivity index (χ1) is 11.1. The summed E-state index contributed by atoms with van der Waals surface area (Å²) in [7, 11) is 0. The number of nitrogens with one attached hydrogen (secondary N) is 1. The molecule has 1 atom stereocenters. The van der Waals surface area contributed by atoms with Crippen LogP contribution in [0.25, 0.3) is 0 Å². The average Bonchev–Trinajstić information content (AvgIpc) is 3.18. The second kappa shape index (κ2) is 7.01. The van der Waals surface area contributed by atoms with Crippen LogP contribution in [0.15, 0.2) is 17.5 Å². The summed E-state index contributed by atoms with van der Waals surface area (Å²) in [5, 5.41) is 4.53. The number of aromatic nitrogens is 2. The van der Waals surface area contributed by atoms with Crippen molar-refractivity contribution in [2.75, 3.05) is 18.5 Å². The fraction of sp³-hybridized carbons (Fsp3) is 0.400. The molecular formula is C15H16FN3O3S. The van der Waals surface area contributed by atoms with Gasteiger partial charge >= 0.3 is 0 Å². The summed E-state index contributed by atoms with van der Waals surface area (Å²) < 4.78 is 23.6. The topological polar surface area (TPSA) is 73.3 Å². The van der Waals surface area contributed by atoms with Gasteiger partial charge in [0.25, 0.3) is 5.91 Å². The quantitative estimate of drug-likeness (QED) is 0.908. The Hall–Kier alpha value is -2.06. The van der Waals surface area contributed by atoms with Crippen LogP contribution >= 0.6 is 11.3 Å². The zero-order valence-electron chi connectivity index (χ0n) is 12.5. The lowest BCUT2D eigenvalue weighted by Crippen LogP contribution is -2.18. The van der Waals surface area contributed by atoms with Gasteiger partial charge in [-0.1, -0.05) is 0 Å². The van der Waals surface area contributed by atoms with Gasteiger partial charge in [-0.15, -0.1) is 11.3 Å². The van der Waals surface area contributed by atoms with Crippen LogP contribution in [0.4, 0.5) is 9.52 Å². The van der Waals surface area contributed by atoms with Crippen LogP contribution in [0, 0.1) is 6.92 Å². The number of halogens is 1. The summed E-state index contributed by atoms with van der Waals surface area (Å²) in [6.07, 6.45) is 0.826. The summed E-state index contributed by atoms with van der Waals surface area (Å²) in [5.74, 6) is 0.183. The Morgan fingerprint density at radius 1 is 1.52 bits per heavy atom. The highest BCUT2D eigenvalue weighted by atomic mass is 32.1. The van der Waals surface area contributed by atoms with Crippen LogP contribution in [-0.4, -0.2) is 35.2 Å². The maximum Gasteiger partial charge on any atom is 0.276 e. The molecule has 1 aliphatic rings. The molecule has 23 heavy (non-hydrogen) atoms. The van der Waals surface area contributed by atoms with Crippen molar-refractivity contribution >= 4 is 22.4 Å². The summed E-state index contributed by atoms with van der Waals surface area (Å²) in [6.45, 7) is 2.37. The van der Waals surface area contributed by atoms with Gasteiger partial charge in [0.05, 0.1) is 18.9 Å². The van der Waals surface area contributed by atoms with E-state index in [1.807, 2.05) is 0 Å². The van der Waals surface area contributed by atoms with Gasteiger partial charge in [-0.25, -0.2) is 14.4 Å². The van der Waals surface area contributed by atoms with Crippen LogP contribution in [0.2, 0.25) is 0 Å². The number of alkyl halides is 1. The SMILES string of the molecule is Cc1cc(O[C@@H]2CCOC2)cc(C(=O)Nc2nc(CF)cs2)n1. The molecule has 0 aromatic carbocycles. The molecule has 122 valence electrons. The highest BCUT2D eigenvalue weighted by Crippen LogP contribution is 2.21. The minimum Gasteiger partial charge on any atom is -0.488 e. The van der Waals surface area contributed by atoms with Crippen LogP contribution in [0.5, 0.6) is 5.75 Å². The molecule has 0 unspecified atom stereocenters. The van der Waals surface area contributed by atoms with Gasteiger partial charge in [0.1, 0.15) is 24.2 Å². The number of carbonyl (C=O) groups excluding carboxylic acids is 1. The Morgan fingerprint density at radius 2 is 2.39 bits per heavy atom. The molecule has 1 fully saturated rings. The molecule has 0 radical (unpaired) electrons. The minimum absolute atomic E-state index is 0.00112. The number of rotatable bonds is 5. The summed E-state index contributed by atoms with van der Waals surface area (Å²) in [4.78, 5) is 20.4. The van der Waals surface area contributed by atoms with Crippen molar-refractivity contribution in [2.45, 2.75) is 26.1 Å². The molecule has 0 bridgehead atoms. The predicted molar refractivity (Wildman–Crippen MR) is 83.7 cm³/mol. The van der Waals surface area contributed by atoms with E-state index < -0.39 is 12.6 Å².